The summed E-state index contributed by atoms with van der Waals surface area (Å²) in [4.78, 5) is 11.2. The van der Waals surface area contributed by atoms with Gasteiger partial charge in [0.2, 0.25) is 5.76 Å². The van der Waals surface area contributed by atoms with E-state index in [2.05, 4.69) is 10.5 Å². The van der Waals surface area contributed by atoms with Crippen molar-refractivity contribution >= 4 is 16.8 Å². The Balaban J connectivity index is 2.64. The predicted octanol–water partition coefficient (Wildman–Crippen LogP) is 1.19. The third-order valence-electron chi connectivity index (χ3n) is 1.82. The maximum absolute atomic E-state index is 11.2. The fraction of sp³-hybridized carbons (Fsp3) is 0.111. The van der Waals surface area contributed by atoms with Crippen LogP contribution >= 0.6 is 0 Å². The minimum atomic E-state index is -0.256. The van der Waals surface area contributed by atoms with E-state index in [1.165, 1.54) is 0 Å². The first-order valence-electron chi connectivity index (χ1n) is 3.89. The lowest BCUT2D eigenvalue weighted by Crippen LogP contribution is -2.17. The number of hydrogen-bond acceptors (Lipinski definition) is 3. The first-order valence-corrected chi connectivity index (χ1v) is 3.89. The quantitative estimate of drug-likeness (QED) is 0.710. The van der Waals surface area contributed by atoms with E-state index >= 15 is 0 Å². The zero-order valence-electron chi connectivity index (χ0n) is 7.07. The molecular weight excluding hydrogens is 168 g/mol. The number of carbonyl (C=O) groups is 1. The minimum absolute atomic E-state index is 0.256. The molecule has 2 rings (SSSR count). The maximum Gasteiger partial charge on any atom is 0.290 e. The Bertz CT molecular complexity index is 448. The number of benzene rings is 1. The maximum atomic E-state index is 11.2. The second-order valence-corrected chi connectivity index (χ2v) is 2.61. The molecule has 0 aliphatic carbocycles. The average molecular weight is 176 g/mol. The minimum Gasteiger partial charge on any atom is -0.352 e. The van der Waals surface area contributed by atoms with Crippen LogP contribution in [0.15, 0.2) is 28.8 Å². The lowest BCUT2D eigenvalue weighted by molar-refractivity contribution is 0.0929. The number of carbonyl (C=O) groups excluding carboxylic acids is 1. The van der Waals surface area contributed by atoms with Crippen LogP contribution in [-0.4, -0.2) is 18.1 Å². The summed E-state index contributed by atoms with van der Waals surface area (Å²) in [6.45, 7) is 0. The SMILES string of the molecule is CNC(=O)c1onc2ccccc12. The molecule has 0 saturated carbocycles. The number of aromatic nitrogens is 1. The number of hydrogen-bond donors (Lipinski definition) is 1. The molecule has 0 radical (unpaired) electrons. The molecule has 1 heterocycles. The Morgan fingerprint density at radius 3 is 3.00 bits per heavy atom. The summed E-state index contributed by atoms with van der Waals surface area (Å²) in [5, 5.41) is 6.98. The highest BCUT2D eigenvalue weighted by Crippen LogP contribution is 2.16. The van der Waals surface area contributed by atoms with Crippen LogP contribution < -0.4 is 5.32 Å². The van der Waals surface area contributed by atoms with Crippen LogP contribution in [0.3, 0.4) is 0 Å². The molecular formula is C9H8N2O2. The molecule has 0 spiro atoms. The Kier molecular flexibility index (Phi) is 1.73. The van der Waals surface area contributed by atoms with E-state index in [1.807, 2.05) is 12.1 Å². The molecule has 0 unspecified atom stereocenters. The zero-order valence-corrected chi connectivity index (χ0v) is 7.07. The molecule has 0 fully saturated rings. The Labute approximate surface area is 74.5 Å². The molecule has 0 saturated heterocycles. The normalized spacial score (nSPS) is 10.2. The highest BCUT2D eigenvalue weighted by atomic mass is 16.5. The molecule has 0 atom stereocenters. The van der Waals surface area contributed by atoms with E-state index in [1.54, 1.807) is 19.2 Å². The second-order valence-electron chi connectivity index (χ2n) is 2.61. The number of amides is 1. The van der Waals surface area contributed by atoms with Crippen molar-refractivity contribution in [2.75, 3.05) is 7.05 Å². The van der Waals surface area contributed by atoms with Crippen LogP contribution in [0.25, 0.3) is 10.9 Å². The van der Waals surface area contributed by atoms with Crippen LogP contribution in [0.1, 0.15) is 10.6 Å². The number of rotatable bonds is 1. The van der Waals surface area contributed by atoms with Gasteiger partial charge in [-0.25, -0.2) is 0 Å². The fourth-order valence-electron chi connectivity index (χ4n) is 1.17. The molecule has 0 aliphatic rings. The molecule has 13 heavy (non-hydrogen) atoms. The summed E-state index contributed by atoms with van der Waals surface area (Å²) in [6, 6.07) is 7.28. The number of nitrogens with one attached hydrogen (secondary N) is 1. The van der Waals surface area contributed by atoms with Gasteiger partial charge >= 0.3 is 0 Å². The van der Waals surface area contributed by atoms with Crippen molar-refractivity contribution in [2.24, 2.45) is 0 Å². The second kappa shape index (κ2) is 2.90. The molecule has 1 aromatic heterocycles. The summed E-state index contributed by atoms with van der Waals surface area (Å²) in [5.74, 6) is 0.00630. The van der Waals surface area contributed by atoms with Crippen molar-refractivity contribution in [3.63, 3.8) is 0 Å². The smallest absolute Gasteiger partial charge is 0.290 e. The van der Waals surface area contributed by atoms with Crippen molar-refractivity contribution in [2.45, 2.75) is 0 Å². The van der Waals surface area contributed by atoms with Crippen LogP contribution in [-0.2, 0) is 0 Å². The molecule has 0 bridgehead atoms. The monoisotopic (exact) mass is 176 g/mol. The van der Waals surface area contributed by atoms with Crippen molar-refractivity contribution in [3.05, 3.63) is 30.0 Å². The van der Waals surface area contributed by atoms with Crippen LogP contribution in [0.4, 0.5) is 0 Å². The summed E-state index contributed by atoms with van der Waals surface area (Å²) in [7, 11) is 1.56. The standard InChI is InChI=1S/C9H8N2O2/c1-10-9(12)8-6-4-2-3-5-7(6)11-13-8/h2-5H,1H3,(H,10,12). The van der Waals surface area contributed by atoms with Gasteiger partial charge < -0.3 is 9.84 Å². The van der Waals surface area contributed by atoms with Crippen molar-refractivity contribution in [1.29, 1.82) is 0 Å². The van der Waals surface area contributed by atoms with Gasteiger partial charge in [-0.2, -0.15) is 0 Å². The molecule has 2 aromatic rings. The first kappa shape index (κ1) is 7.79. The van der Waals surface area contributed by atoms with Crippen LogP contribution in [0.5, 0.6) is 0 Å². The van der Waals surface area contributed by atoms with Gasteiger partial charge in [-0.05, 0) is 12.1 Å². The third kappa shape index (κ3) is 1.16. The van der Waals surface area contributed by atoms with E-state index in [0.717, 1.165) is 5.39 Å². The average Bonchev–Trinajstić information content (AvgIpc) is 2.60. The van der Waals surface area contributed by atoms with Crippen molar-refractivity contribution in [3.8, 4) is 0 Å². The third-order valence-corrected chi connectivity index (χ3v) is 1.82. The fourth-order valence-corrected chi connectivity index (χ4v) is 1.17. The summed E-state index contributed by atoms with van der Waals surface area (Å²) >= 11 is 0. The largest absolute Gasteiger partial charge is 0.352 e. The van der Waals surface area contributed by atoms with E-state index in [0.29, 0.717) is 5.52 Å². The van der Waals surface area contributed by atoms with Gasteiger partial charge in [-0.15, -0.1) is 0 Å². The van der Waals surface area contributed by atoms with Crippen molar-refractivity contribution < 1.29 is 9.32 Å². The molecule has 66 valence electrons. The van der Waals surface area contributed by atoms with Gasteiger partial charge in [0.05, 0.1) is 5.39 Å². The lowest BCUT2D eigenvalue weighted by atomic mass is 10.2. The van der Waals surface area contributed by atoms with Gasteiger partial charge in [0.1, 0.15) is 5.52 Å². The molecule has 0 aliphatic heterocycles. The number of fused-ring (bicyclic) bond motifs is 1. The number of nitrogens with zero attached hydrogens (tertiary/aromatic N) is 1. The molecule has 1 amide bonds. The highest BCUT2D eigenvalue weighted by molar-refractivity contribution is 6.03. The van der Waals surface area contributed by atoms with E-state index < -0.39 is 0 Å². The zero-order chi connectivity index (χ0) is 9.26. The summed E-state index contributed by atoms with van der Waals surface area (Å²) in [5.41, 5.74) is 0.695. The van der Waals surface area contributed by atoms with Gasteiger partial charge in [0, 0.05) is 7.05 Å². The molecule has 1 N–H and O–H groups in total. The van der Waals surface area contributed by atoms with Gasteiger partial charge in [-0.1, -0.05) is 17.3 Å². The van der Waals surface area contributed by atoms with Crippen LogP contribution in [0, 0.1) is 0 Å². The molecule has 1 aromatic carbocycles. The highest BCUT2D eigenvalue weighted by Gasteiger charge is 2.13. The first-order chi connectivity index (χ1) is 6.33. The van der Waals surface area contributed by atoms with Gasteiger partial charge in [-0.3, -0.25) is 4.79 Å². The van der Waals surface area contributed by atoms with Crippen LogP contribution in [0.2, 0.25) is 0 Å². The van der Waals surface area contributed by atoms with Crippen molar-refractivity contribution in [1.82, 2.24) is 10.5 Å². The van der Waals surface area contributed by atoms with Gasteiger partial charge in [0.15, 0.2) is 0 Å². The van der Waals surface area contributed by atoms with E-state index in [-0.39, 0.29) is 11.7 Å². The predicted molar refractivity (Wildman–Crippen MR) is 47.4 cm³/mol. The Morgan fingerprint density at radius 1 is 1.46 bits per heavy atom. The lowest BCUT2D eigenvalue weighted by Gasteiger charge is -1.92. The molecule has 4 nitrogen and oxygen atoms in total. The molecule has 4 heteroatoms. The van der Waals surface area contributed by atoms with Gasteiger partial charge in [0.25, 0.3) is 5.91 Å². The summed E-state index contributed by atoms with van der Waals surface area (Å²) < 4.78 is 4.91. The summed E-state index contributed by atoms with van der Waals surface area (Å²) in [6.07, 6.45) is 0. The Morgan fingerprint density at radius 2 is 2.23 bits per heavy atom. The van der Waals surface area contributed by atoms with E-state index in [4.69, 9.17) is 4.52 Å². The Hall–Kier alpha value is -1.84. The topological polar surface area (TPSA) is 55.1 Å². The van der Waals surface area contributed by atoms with E-state index in [9.17, 15) is 4.79 Å².